The van der Waals surface area contributed by atoms with Crippen LogP contribution in [0.3, 0.4) is 0 Å². The molecular formula is C23H22BrClIN5O4. The summed E-state index contributed by atoms with van der Waals surface area (Å²) in [7, 11) is 0. The number of halogens is 3. The van der Waals surface area contributed by atoms with Crippen molar-refractivity contribution >= 4 is 79.0 Å². The first-order valence-electron chi connectivity index (χ1n) is 11.0. The van der Waals surface area contributed by atoms with Crippen molar-refractivity contribution in [1.29, 1.82) is 0 Å². The second-order valence-electron chi connectivity index (χ2n) is 8.94. The van der Waals surface area contributed by atoms with Gasteiger partial charge in [-0.25, -0.2) is 4.98 Å². The molecule has 0 radical (unpaired) electrons. The molecule has 2 aliphatic carbocycles. The van der Waals surface area contributed by atoms with E-state index in [0.717, 1.165) is 15.6 Å². The molecule has 2 heterocycles. The second kappa shape index (κ2) is 9.47. The van der Waals surface area contributed by atoms with Gasteiger partial charge in [0.25, 0.3) is 0 Å². The normalized spacial score (nSPS) is 26.9. The molecule has 3 aromatic rings. The zero-order chi connectivity index (χ0) is 24.9. The van der Waals surface area contributed by atoms with Crippen LogP contribution in [0.25, 0.3) is 11.2 Å². The minimum absolute atomic E-state index is 0.0868. The first-order chi connectivity index (χ1) is 16.7. The smallest absolute Gasteiger partial charge is 0.303 e. The quantitative estimate of drug-likeness (QED) is 0.169. The monoisotopic (exact) mass is 673 g/mol. The number of hydrogen-bond acceptors (Lipinski definition) is 8. The van der Waals surface area contributed by atoms with Gasteiger partial charge in [0.2, 0.25) is 5.28 Å². The molecule has 1 N–H and O–H groups in total. The number of aromatic nitrogens is 4. The van der Waals surface area contributed by atoms with Gasteiger partial charge in [0.05, 0.1) is 23.8 Å². The number of fused-ring (bicyclic) bond motifs is 2. The van der Waals surface area contributed by atoms with Crippen molar-refractivity contribution in [3.05, 3.63) is 45.0 Å². The minimum Gasteiger partial charge on any atom is -0.465 e. The lowest BCUT2D eigenvalue weighted by Crippen LogP contribution is -2.35. The molecule has 2 aliphatic rings. The predicted octanol–water partition coefficient (Wildman–Crippen LogP) is 4.52. The second-order valence-corrected chi connectivity index (χ2v) is 11.5. The highest BCUT2D eigenvalue weighted by Crippen LogP contribution is 2.70. The summed E-state index contributed by atoms with van der Waals surface area (Å²) in [6, 6.07) is 7.89. The van der Waals surface area contributed by atoms with Gasteiger partial charge in [-0.3, -0.25) is 9.59 Å². The number of carbonyl (C=O) groups excluding carboxylic acids is 2. The lowest BCUT2D eigenvalue weighted by molar-refractivity contribution is -0.149. The zero-order valence-electron chi connectivity index (χ0n) is 18.9. The van der Waals surface area contributed by atoms with Crippen LogP contribution in [0.15, 0.2) is 30.6 Å². The Morgan fingerprint density at radius 1 is 1.31 bits per heavy atom. The summed E-state index contributed by atoms with van der Waals surface area (Å²) in [4.78, 5) is 36.7. The van der Waals surface area contributed by atoms with E-state index < -0.39 is 6.10 Å². The molecule has 2 fully saturated rings. The summed E-state index contributed by atoms with van der Waals surface area (Å²) < 4.78 is 14.2. The summed E-state index contributed by atoms with van der Waals surface area (Å²) in [6.07, 6.45) is 2.01. The molecule has 12 heteroatoms. The number of nitrogens with one attached hydrogen (secondary N) is 1. The van der Waals surface area contributed by atoms with Gasteiger partial charge in [0, 0.05) is 29.4 Å². The van der Waals surface area contributed by atoms with Gasteiger partial charge in [0.15, 0.2) is 17.0 Å². The number of esters is 2. The van der Waals surface area contributed by atoms with Crippen LogP contribution < -0.4 is 5.32 Å². The molecule has 0 spiro atoms. The van der Waals surface area contributed by atoms with Crippen molar-refractivity contribution in [3.8, 4) is 0 Å². The molecule has 2 saturated carbocycles. The maximum atomic E-state index is 12.0. The van der Waals surface area contributed by atoms with E-state index in [9.17, 15) is 9.59 Å². The first kappa shape index (κ1) is 24.7. The van der Waals surface area contributed by atoms with Crippen LogP contribution in [0.5, 0.6) is 0 Å². The van der Waals surface area contributed by atoms with E-state index in [1.807, 2.05) is 22.8 Å². The highest BCUT2D eigenvalue weighted by molar-refractivity contribution is 14.1. The van der Waals surface area contributed by atoms with Crippen LogP contribution in [-0.2, 0) is 25.6 Å². The number of nitrogens with zero attached hydrogens (tertiary/aromatic N) is 4. The highest BCUT2D eigenvalue weighted by atomic mass is 127. The third kappa shape index (κ3) is 4.62. The van der Waals surface area contributed by atoms with Gasteiger partial charge >= 0.3 is 11.9 Å². The molecule has 5 rings (SSSR count). The van der Waals surface area contributed by atoms with Crippen molar-refractivity contribution in [2.24, 2.45) is 11.3 Å². The molecule has 2 aromatic heterocycles. The molecule has 0 unspecified atom stereocenters. The Bertz CT molecular complexity index is 1320. The molecule has 5 atom stereocenters. The molecule has 0 aliphatic heterocycles. The number of benzene rings is 1. The molecule has 9 nitrogen and oxygen atoms in total. The Morgan fingerprint density at radius 3 is 2.83 bits per heavy atom. The van der Waals surface area contributed by atoms with E-state index in [2.05, 4.69) is 64.9 Å². The van der Waals surface area contributed by atoms with Crippen molar-refractivity contribution in [2.45, 2.75) is 43.8 Å². The maximum absolute atomic E-state index is 12.0. The summed E-state index contributed by atoms with van der Waals surface area (Å²) in [6.45, 7) is 3.57. The van der Waals surface area contributed by atoms with E-state index >= 15 is 0 Å². The number of hydrogen-bond donors (Lipinski definition) is 1. The summed E-state index contributed by atoms with van der Waals surface area (Å²) >= 11 is 12.3. The minimum atomic E-state index is -0.490. The maximum Gasteiger partial charge on any atom is 0.303 e. The lowest BCUT2D eigenvalue weighted by atomic mass is 10.0. The van der Waals surface area contributed by atoms with Crippen molar-refractivity contribution < 1.29 is 19.1 Å². The summed E-state index contributed by atoms with van der Waals surface area (Å²) in [5.74, 6) is -0.0968. The number of rotatable bonds is 7. The van der Waals surface area contributed by atoms with Crippen LogP contribution in [0, 0.1) is 14.9 Å². The molecule has 1 aromatic carbocycles. The van der Waals surface area contributed by atoms with Crippen LogP contribution in [-0.4, -0.2) is 49.0 Å². The van der Waals surface area contributed by atoms with Crippen LogP contribution >= 0.6 is 50.1 Å². The Morgan fingerprint density at radius 2 is 2.11 bits per heavy atom. The number of imidazole rings is 1. The molecule has 0 amide bonds. The van der Waals surface area contributed by atoms with Gasteiger partial charge in [-0.15, -0.1) is 0 Å². The third-order valence-electron chi connectivity index (χ3n) is 6.68. The fourth-order valence-electron chi connectivity index (χ4n) is 5.08. The predicted molar refractivity (Wildman–Crippen MR) is 141 cm³/mol. The number of carbonyl (C=O) groups is 2. The van der Waals surface area contributed by atoms with Crippen molar-refractivity contribution in [2.75, 3.05) is 11.9 Å². The number of alkyl halides is 1. The van der Waals surface area contributed by atoms with Crippen LogP contribution in [0.4, 0.5) is 5.82 Å². The molecular weight excluding hydrogens is 653 g/mol. The first-order valence-corrected chi connectivity index (χ1v) is 13.4. The lowest BCUT2D eigenvalue weighted by Gasteiger charge is -2.27. The molecule has 35 heavy (non-hydrogen) atoms. The van der Waals surface area contributed by atoms with E-state index in [4.69, 9.17) is 21.1 Å². The topological polar surface area (TPSA) is 108 Å². The molecule has 0 bridgehead atoms. The summed E-state index contributed by atoms with van der Waals surface area (Å²) in [5.41, 5.74) is 1.90. The van der Waals surface area contributed by atoms with Crippen LogP contribution in [0.1, 0.15) is 31.9 Å². The largest absolute Gasteiger partial charge is 0.465 e. The SMILES string of the molecule is CC(=O)OC[C@@]12C[C@@H]1[C@@H](n1cnc3c(NCc4cccc(I)c4)nc(Cl)nc31)[C@H](OC(C)=O)[C@H]2Br. The Labute approximate surface area is 228 Å². The summed E-state index contributed by atoms with van der Waals surface area (Å²) in [5, 5.41) is 3.41. The van der Waals surface area contributed by atoms with E-state index in [1.54, 1.807) is 6.33 Å². The van der Waals surface area contributed by atoms with Gasteiger partial charge in [-0.1, -0.05) is 28.1 Å². The third-order valence-corrected chi connectivity index (χ3v) is 8.95. The van der Waals surface area contributed by atoms with Crippen molar-refractivity contribution in [1.82, 2.24) is 19.5 Å². The van der Waals surface area contributed by atoms with E-state index in [1.165, 1.54) is 13.8 Å². The Hall–Kier alpha value is -1.99. The average molecular weight is 675 g/mol. The zero-order valence-corrected chi connectivity index (χ0v) is 23.4. The fraction of sp³-hybridized carbons (Fsp3) is 0.435. The number of anilines is 1. The average Bonchev–Trinajstić information content (AvgIpc) is 3.30. The molecule has 184 valence electrons. The van der Waals surface area contributed by atoms with E-state index in [-0.39, 0.29) is 46.0 Å². The van der Waals surface area contributed by atoms with Gasteiger partial charge < -0.3 is 19.4 Å². The van der Waals surface area contributed by atoms with Gasteiger partial charge in [-0.05, 0) is 64.2 Å². The standard InChI is InChI=1S/C23H22BrClIN5O4/c1-11(32)34-9-23-7-15(23)17(18(19(23)24)35-12(2)33)31-10-28-16-20(29-22(25)30-21(16)31)27-8-13-4-3-5-14(26)6-13/h3-6,10,15,17-19H,7-9H2,1-2H3,(H,27,29,30)/t15-,17-,18+,19-,23+/m1/s1. The number of ether oxygens (including phenoxy) is 2. The Balaban J connectivity index is 1.49. The highest BCUT2D eigenvalue weighted by Gasteiger charge is 2.73. The van der Waals surface area contributed by atoms with Gasteiger partial charge in [-0.2, -0.15) is 9.97 Å². The van der Waals surface area contributed by atoms with E-state index in [0.29, 0.717) is 23.5 Å². The van der Waals surface area contributed by atoms with Crippen LogP contribution in [0.2, 0.25) is 5.28 Å². The van der Waals surface area contributed by atoms with Crippen molar-refractivity contribution in [3.63, 3.8) is 0 Å². The molecule has 0 saturated heterocycles. The van der Waals surface area contributed by atoms with Gasteiger partial charge in [0.1, 0.15) is 6.10 Å². The fourth-order valence-corrected chi connectivity index (χ4v) is 6.93. The Kier molecular flexibility index (Phi) is 6.68.